The molecule has 0 fully saturated rings. The molecule has 1 aromatic carbocycles. The fraction of sp³-hybridized carbons (Fsp3) is 0.375. The lowest BCUT2D eigenvalue weighted by Gasteiger charge is -2.11. The maximum absolute atomic E-state index is 11.3. The molecule has 0 radical (unpaired) electrons. The minimum Gasteiger partial charge on any atom is -0.493 e. The van der Waals surface area contributed by atoms with Crippen LogP contribution >= 0.6 is 0 Å². The molecular weight excluding hydrogens is 270 g/mol. The number of Topliss-reactive ketones (excluding diaryl/α,β-unsaturated/α-hetero) is 1. The van der Waals surface area contributed by atoms with Gasteiger partial charge in [0.25, 0.3) is 0 Å². The van der Waals surface area contributed by atoms with Gasteiger partial charge in [0.2, 0.25) is 5.91 Å². The summed E-state index contributed by atoms with van der Waals surface area (Å²) in [6, 6.07) is 5.11. The summed E-state index contributed by atoms with van der Waals surface area (Å²) in [5.41, 5.74) is 0.589. The monoisotopic (exact) mass is 291 g/mol. The molecular formula is C16H21NO4. The van der Waals surface area contributed by atoms with Crippen molar-refractivity contribution < 1.29 is 19.1 Å². The summed E-state index contributed by atoms with van der Waals surface area (Å²) in [5, 5.41) is 2.70. The summed E-state index contributed by atoms with van der Waals surface area (Å²) in [6.45, 7) is 5.99. The minimum atomic E-state index is -0.169. The maximum Gasteiger partial charge on any atom is 0.243 e. The van der Waals surface area contributed by atoms with E-state index in [1.165, 1.54) is 20.1 Å². The van der Waals surface area contributed by atoms with Crippen molar-refractivity contribution in [1.29, 1.82) is 0 Å². The molecule has 1 amide bonds. The van der Waals surface area contributed by atoms with E-state index >= 15 is 0 Å². The Labute approximate surface area is 124 Å². The highest BCUT2D eigenvalue weighted by Crippen LogP contribution is 2.28. The lowest BCUT2D eigenvalue weighted by atomic mass is 10.1. The van der Waals surface area contributed by atoms with Crippen LogP contribution in [0.15, 0.2) is 30.9 Å². The molecule has 0 bridgehead atoms. The third-order valence-corrected chi connectivity index (χ3v) is 2.88. The number of hydrogen-bond acceptors (Lipinski definition) is 4. The zero-order valence-corrected chi connectivity index (χ0v) is 12.5. The number of rotatable bonds is 9. The van der Waals surface area contributed by atoms with Crippen LogP contribution in [0.25, 0.3) is 0 Å². The zero-order valence-electron chi connectivity index (χ0n) is 12.5. The third-order valence-electron chi connectivity index (χ3n) is 2.88. The SMILES string of the molecule is C=CC(=O)NCCCCOc1ccc(C(C)=O)cc1OC. The van der Waals surface area contributed by atoms with Crippen LogP contribution in [0.3, 0.4) is 0 Å². The van der Waals surface area contributed by atoms with E-state index in [2.05, 4.69) is 11.9 Å². The number of benzene rings is 1. The Hall–Kier alpha value is -2.30. The maximum atomic E-state index is 11.3. The van der Waals surface area contributed by atoms with Crippen molar-refractivity contribution in [2.45, 2.75) is 19.8 Å². The molecule has 1 N–H and O–H groups in total. The van der Waals surface area contributed by atoms with Crippen molar-refractivity contribution in [2.24, 2.45) is 0 Å². The van der Waals surface area contributed by atoms with Crippen molar-refractivity contribution in [2.75, 3.05) is 20.3 Å². The molecule has 0 aliphatic carbocycles. The van der Waals surface area contributed by atoms with Crippen molar-refractivity contribution in [1.82, 2.24) is 5.32 Å². The Kier molecular flexibility index (Phi) is 7.01. The molecule has 0 unspecified atom stereocenters. The van der Waals surface area contributed by atoms with Crippen LogP contribution in [0.2, 0.25) is 0 Å². The molecule has 0 aliphatic rings. The van der Waals surface area contributed by atoms with Crippen molar-refractivity contribution >= 4 is 11.7 Å². The molecule has 0 saturated carbocycles. The van der Waals surface area contributed by atoms with Gasteiger partial charge in [-0.25, -0.2) is 0 Å². The second kappa shape index (κ2) is 8.79. The van der Waals surface area contributed by atoms with Crippen LogP contribution in [0.5, 0.6) is 11.5 Å². The molecule has 5 nitrogen and oxygen atoms in total. The van der Waals surface area contributed by atoms with E-state index in [0.717, 1.165) is 12.8 Å². The van der Waals surface area contributed by atoms with E-state index in [0.29, 0.717) is 30.2 Å². The molecule has 5 heteroatoms. The lowest BCUT2D eigenvalue weighted by molar-refractivity contribution is -0.116. The van der Waals surface area contributed by atoms with Crippen molar-refractivity contribution in [3.63, 3.8) is 0 Å². The first-order chi connectivity index (χ1) is 10.1. The first-order valence-electron chi connectivity index (χ1n) is 6.80. The van der Waals surface area contributed by atoms with Gasteiger partial charge in [-0.3, -0.25) is 9.59 Å². The Morgan fingerprint density at radius 3 is 2.67 bits per heavy atom. The fourth-order valence-corrected chi connectivity index (χ4v) is 1.70. The molecule has 1 rings (SSSR count). The van der Waals surface area contributed by atoms with Gasteiger partial charge in [0.1, 0.15) is 0 Å². The third kappa shape index (κ3) is 5.69. The van der Waals surface area contributed by atoms with Gasteiger partial charge in [0.05, 0.1) is 13.7 Å². The van der Waals surface area contributed by atoms with Gasteiger partial charge in [0, 0.05) is 12.1 Å². The average molecular weight is 291 g/mol. The van der Waals surface area contributed by atoms with Gasteiger partial charge in [-0.2, -0.15) is 0 Å². The molecule has 0 heterocycles. The number of ketones is 1. The van der Waals surface area contributed by atoms with Gasteiger partial charge in [0.15, 0.2) is 17.3 Å². The largest absolute Gasteiger partial charge is 0.493 e. The predicted octanol–water partition coefficient (Wildman–Crippen LogP) is 2.36. The number of nitrogens with one attached hydrogen (secondary N) is 1. The van der Waals surface area contributed by atoms with E-state index in [1.54, 1.807) is 18.2 Å². The van der Waals surface area contributed by atoms with Crippen LogP contribution in [-0.2, 0) is 4.79 Å². The Morgan fingerprint density at radius 2 is 2.05 bits per heavy atom. The Morgan fingerprint density at radius 1 is 1.29 bits per heavy atom. The molecule has 0 saturated heterocycles. The molecule has 0 spiro atoms. The number of carbonyl (C=O) groups is 2. The molecule has 0 atom stereocenters. The highest BCUT2D eigenvalue weighted by atomic mass is 16.5. The van der Waals surface area contributed by atoms with Crippen molar-refractivity contribution in [3.05, 3.63) is 36.4 Å². The van der Waals surface area contributed by atoms with Crippen LogP contribution in [-0.4, -0.2) is 32.0 Å². The number of methoxy groups -OCH3 is 1. The summed E-state index contributed by atoms with van der Waals surface area (Å²) >= 11 is 0. The van der Waals surface area contributed by atoms with Crippen LogP contribution in [0.1, 0.15) is 30.1 Å². The Bertz CT molecular complexity index is 511. The number of hydrogen-bond donors (Lipinski definition) is 1. The summed E-state index contributed by atoms with van der Waals surface area (Å²) in [5.74, 6) is 0.968. The molecule has 114 valence electrons. The second-order valence-electron chi connectivity index (χ2n) is 4.47. The first kappa shape index (κ1) is 16.8. The summed E-state index contributed by atoms with van der Waals surface area (Å²) in [6.07, 6.45) is 2.86. The van der Waals surface area contributed by atoms with E-state index in [-0.39, 0.29) is 11.7 Å². The van der Waals surface area contributed by atoms with E-state index in [1.807, 2.05) is 0 Å². The fourth-order valence-electron chi connectivity index (χ4n) is 1.70. The first-order valence-corrected chi connectivity index (χ1v) is 6.80. The summed E-state index contributed by atoms with van der Waals surface area (Å²) in [7, 11) is 1.54. The standard InChI is InChI=1S/C16H21NO4/c1-4-16(19)17-9-5-6-10-21-14-8-7-13(12(2)18)11-15(14)20-3/h4,7-8,11H,1,5-6,9-10H2,2-3H3,(H,17,19). The van der Waals surface area contributed by atoms with Gasteiger partial charge >= 0.3 is 0 Å². The van der Waals surface area contributed by atoms with Gasteiger partial charge in [-0.1, -0.05) is 6.58 Å². The molecule has 0 aromatic heterocycles. The highest BCUT2D eigenvalue weighted by molar-refractivity contribution is 5.94. The van der Waals surface area contributed by atoms with Gasteiger partial charge in [-0.05, 0) is 44.0 Å². The Balaban J connectivity index is 2.39. The van der Waals surface area contributed by atoms with Gasteiger partial charge < -0.3 is 14.8 Å². The normalized spacial score (nSPS) is 9.81. The van der Waals surface area contributed by atoms with Crippen molar-refractivity contribution in [3.8, 4) is 11.5 Å². The highest BCUT2D eigenvalue weighted by Gasteiger charge is 2.08. The lowest BCUT2D eigenvalue weighted by Crippen LogP contribution is -2.22. The van der Waals surface area contributed by atoms with Crippen LogP contribution in [0, 0.1) is 0 Å². The molecule has 21 heavy (non-hydrogen) atoms. The second-order valence-corrected chi connectivity index (χ2v) is 4.47. The number of amides is 1. The summed E-state index contributed by atoms with van der Waals surface area (Å²) in [4.78, 5) is 22.2. The number of ether oxygens (including phenoxy) is 2. The number of unbranched alkanes of at least 4 members (excludes halogenated alkanes) is 1. The predicted molar refractivity (Wildman–Crippen MR) is 80.9 cm³/mol. The van der Waals surface area contributed by atoms with Gasteiger partial charge in [-0.15, -0.1) is 0 Å². The zero-order chi connectivity index (χ0) is 15.7. The van der Waals surface area contributed by atoms with E-state index in [4.69, 9.17) is 9.47 Å². The average Bonchev–Trinajstić information content (AvgIpc) is 2.50. The molecule has 0 aliphatic heterocycles. The topological polar surface area (TPSA) is 64.6 Å². The minimum absolute atomic E-state index is 0.0159. The summed E-state index contributed by atoms with van der Waals surface area (Å²) < 4.78 is 10.8. The van der Waals surface area contributed by atoms with Crippen LogP contribution in [0.4, 0.5) is 0 Å². The molecule has 1 aromatic rings. The van der Waals surface area contributed by atoms with E-state index < -0.39 is 0 Å². The number of carbonyl (C=O) groups excluding carboxylic acids is 2. The smallest absolute Gasteiger partial charge is 0.243 e. The van der Waals surface area contributed by atoms with Crippen LogP contribution < -0.4 is 14.8 Å². The quantitative estimate of drug-likeness (QED) is 0.431. The van der Waals surface area contributed by atoms with E-state index in [9.17, 15) is 9.59 Å².